The summed E-state index contributed by atoms with van der Waals surface area (Å²) < 4.78 is 0. The van der Waals surface area contributed by atoms with Crippen molar-refractivity contribution >= 4 is 5.69 Å². The van der Waals surface area contributed by atoms with Crippen molar-refractivity contribution in [3.63, 3.8) is 0 Å². The quantitative estimate of drug-likeness (QED) is 0.724. The highest BCUT2D eigenvalue weighted by molar-refractivity contribution is 5.52. The second kappa shape index (κ2) is 3.28. The molecule has 0 aliphatic carbocycles. The van der Waals surface area contributed by atoms with E-state index in [-0.39, 0.29) is 0 Å². The predicted molar refractivity (Wildman–Crippen MR) is 58.4 cm³/mol. The molecular formula is C12H16N2. The molecule has 2 aliphatic heterocycles. The maximum atomic E-state index is 3.39. The molecule has 1 aromatic carbocycles. The SMILES string of the molecule is c1cc2c(cc1N1CCCC1)CNC2. The average Bonchev–Trinajstić information content (AvgIpc) is 2.88. The van der Waals surface area contributed by atoms with Crippen LogP contribution in [-0.4, -0.2) is 13.1 Å². The highest BCUT2D eigenvalue weighted by Gasteiger charge is 2.15. The summed E-state index contributed by atoms with van der Waals surface area (Å²) in [5, 5.41) is 3.39. The third-order valence-corrected chi connectivity index (χ3v) is 3.29. The number of rotatable bonds is 1. The van der Waals surface area contributed by atoms with Gasteiger partial charge in [0.15, 0.2) is 0 Å². The first kappa shape index (κ1) is 8.30. The van der Waals surface area contributed by atoms with E-state index in [9.17, 15) is 0 Å². The Morgan fingerprint density at radius 2 is 1.79 bits per heavy atom. The summed E-state index contributed by atoms with van der Waals surface area (Å²) in [4.78, 5) is 2.50. The summed E-state index contributed by atoms with van der Waals surface area (Å²) >= 11 is 0. The minimum atomic E-state index is 1.05. The molecule has 0 spiro atoms. The van der Waals surface area contributed by atoms with Gasteiger partial charge < -0.3 is 10.2 Å². The van der Waals surface area contributed by atoms with Gasteiger partial charge in [0.05, 0.1) is 0 Å². The number of nitrogens with zero attached hydrogens (tertiary/aromatic N) is 1. The molecule has 2 nitrogen and oxygen atoms in total. The van der Waals surface area contributed by atoms with Crippen LogP contribution >= 0.6 is 0 Å². The van der Waals surface area contributed by atoms with E-state index in [0.717, 1.165) is 13.1 Å². The van der Waals surface area contributed by atoms with Gasteiger partial charge in [0.25, 0.3) is 0 Å². The fourth-order valence-corrected chi connectivity index (χ4v) is 2.45. The van der Waals surface area contributed by atoms with Gasteiger partial charge in [0.2, 0.25) is 0 Å². The van der Waals surface area contributed by atoms with Crippen molar-refractivity contribution in [1.29, 1.82) is 0 Å². The lowest BCUT2D eigenvalue weighted by atomic mass is 10.1. The van der Waals surface area contributed by atoms with Crippen molar-refractivity contribution < 1.29 is 0 Å². The van der Waals surface area contributed by atoms with Crippen molar-refractivity contribution in [1.82, 2.24) is 5.32 Å². The van der Waals surface area contributed by atoms with Gasteiger partial charge in [0, 0.05) is 31.9 Å². The molecule has 2 heteroatoms. The number of hydrogen-bond acceptors (Lipinski definition) is 2. The van der Waals surface area contributed by atoms with Crippen LogP contribution in [0.5, 0.6) is 0 Å². The van der Waals surface area contributed by atoms with E-state index in [1.165, 1.54) is 42.7 Å². The molecular weight excluding hydrogens is 172 g/mol. The van der Waals surface area contributed by atoms with Gasteiger partial charge in [0.1, 0.15) is 0 Å². The van der Waals surface area contributed by atoms with Crippen LogP contribution in [0.3, 0.4) is 0 Å². The van der Waals surface area contributed by atoms with Gasteiger partial charge in [-0.25, -0.2) is 0 Å². The standard InChI is InChI=1S/C12H16N2/c1-2-6-14(5-1)12-4-3-10-8-13-9-11(10)7-12/h3-4,7,13H,1-2,5-6,8-9H2. The van der Waals surface area contributed by atoms with E-state index in [1.807, 2.05) is 0 Å². The van der Waals surface area contributed by atoms with E-state index in [4.69, 9.17) is 0 Å². The molecule has 0 saturated carbocycles. The highest BCUT2D eigenvalue weighted by Crippen LogP contribution is 2.25. The van der Waals surface area contributed by atoms with Crippen LogP contribution in [0.4, 0.5) is 5.69 Å². The van der Waals surface area contributed by atoms with E-state index in [2.05, 4.69) is 28.4 Å². The van der Waals surface area contributed by atoms with Gasteiger partial charge in [-0.15, -0.1) is 0 Å². The maximum Gasteiger partial charge on any atom is 0.0369 e. The summed E-state index contributed by atoms with van der Waals surface area (Å²) in [6.45, 7) is 4.59. The Morgan fingerprint density at radius 1 is 1.00 bits per heavy atom. The Hall–Kier alpha value is -1.02. The Morgan fingerprint density at radius 3 is 2.64 bits per heavy atom. The van der Waals surface area contributed by atoms with Crippen molar-refractivity contribution in [3.8, 4) is 0 Å². The Kier molecular flexibility index (Phi) is 1.95. The molecule has 1 saturated heterocycles. The molecule has 74 valence electrons. The van der Waals surface area contributed by atoms with Crippen LogP contribution in [0.15, 0.2) is 18.2 Å². The summed E-state index contributed by atoms with van der Waals surface area (Å²) in [5.41, 5.74) is 4.40. The predicted octanol–water partition coefficient (Wildman–Crippen LogP) is 1.89. The van der Waals surface area contributed by atoms with Crippen LogP contribution in [0.2, 0.25) is 0 Å². The van der Waals surface area contributed by atoms with Gasteiger partial charge in [-0.3, -0.25) is 0 Å². The number of hydrogen-bond donors (Lipinski definition) is 1. The van der Waals surface area contributed by atoms with E-state index in [1.54, 1.807) is 0 Å². The molecule has 2 aliphatic rings. The summed E-state index contributed by atoms with van der Waals surface area (Å²) in [6, 6.07) is 6.92. The van der Waals surface area contributed by atoms with Crippen LogP contribution in [0.1, 0.15) is 24.0 Å². The minimum absolute atomic E-state index is 1.05. The van der Waals surface area contributed by atoms with Gasteiger partial charge in [-0.05, 0) is 36.1 Å². The summed E-state index contributed by atoms with van der Waals surface area (Å²) in [6.07, 6.45) is 2.71. The molecule has 3 rings (SSSR count). The second-order valence-corrected chi connectivity index (χ2v) is 4.25. The maximum absolute atomic E-state index is 3.39. The van der Waals surface area contributed by atoms with Gasteiger partial charge in [-0.1, -0.05) is 6.07 Å². The number of nitrogens with one attached hydrogen (secondary N) is 1. The summed E-state index contributed by atoms with van der Waals surface area (Å²) in [5.74, 6) is 0. The second-order valence-electron chi connectivity index (χ2n) is 4.25. The van der Waals surface area contributed by atoms with Crippen LogP contribution < -0.4 is 10.2 Å². The van der Waals surface area contributed by atoms with Gasteiger partial charge in [-0.2, -0.15) is 0 Å². The number of fused-ring (bicyclic) bond motifs is 1. The molecule has 1 aromatic rings. The molecule has 0 bridgehead atoms. The molecule has 1 N–H and O–H groups in total. The Bertz CT molecular complexity index is 340. The first-order chi connectivity index (χ1) is 6.93. The third-order valence-electron chi connectivity index (χ3n) is 3.29. The van der Waals surface area contributed by atoms with Crippen molar-refractivity contribution in [2.24, 2.45) is 0 Å². The first-order valence-electron chi connectivity index (χ1n) is 5.51. The first-order valence-corrected chi connectivity index (χ1v) is 5.51. The molecule has 0 aromatic heterocycles. The van der Waals surface area contributed by atoms with Crippen molar-refractivity contribution in [2.45, 2.75) is 25.9 Å². The monoisotopic (exact) mass is 188 g/mol. The fraction of sp³-hybridized carbons (Fsp3) is 0.500. The highest BCUT2D eigenvalue weighted by atomic mass is 15.1. The average molecular weight is 188 g/mol. The zero-order valence-electron chi connectivity index (χ0n) is 8.42. The van der Waals surface area contributed by atoms with Crippen LogP contribution in [0, 0.1) is 0 Å². The lowest BCUT2D eigenvalue weighted by Gasteiger charge is -2.18. The number of benzene rings is 1. The normalized spacial score (nSPS) is 20.1. The molecule has 14 heavy (non-hydrogen) atoms. The Labute approximate surface area is 84.9 Å². The molecule has 1 fully saturated rings. The van der Waals surface area contributed by atoms with E-state index in [0.29, 0.717) is 0 Å². The van der Waals surface area contributed by atoms with E-state index < -0.39 is 0 Å². The molecule has 0 atom stereocenters. The topological polar surface area (TPSA) is 15.3 Å². The molecule has 0 amide bonds. The molecule has 0 unspecified atom stereocenters. The largest absolute Gasteiger partial charge is 0.372 e. The number of anilines is 1. The minimum Gasteiger partial charge on any atom is -0.372 e. The zero-order valence-corrected chi connectivity index (χ0v) is 8.42. The zero-order chi connectivity index (χ0) is 9.38. The van der Waals surface area contributed by atoms with Gasteiger partial charge >= 0.3 is 0 Å². The lowest BCUT2D eigenvalue weighted by molar-refractivity contribution is 0.764. The van der Waals surface area contributed by atoms with E-state index >= 15 is 0 Å². The lowest BCUT2D eigenvalue weighted by Crippen LogP contribution is -2.17. The van der Waals surface area contributed by atoms with Crippen LogP contribution in [0.25, 0.3) is 0 Å². The third kappa shape index (κ3) is 1.30. The molecule has 0 radical (unpaired) electrons. The van der Waals surface area contributed by atoms with Crippen molar-refractivity contribution in [2.75, 3.05) is 18.0 Å². The van der Waals surface area contributed by atoms with Crippen LogP contribution in [-0.2, 0) is 13.1 Å². The smallest absolute Gasteiger partial charge is 0.0369 e. The van der Waals surface area contributed by atoms with Crippen molar-refractivity contribution in [3.05, 3.63) is 29.3 Å². The summed E-state index contributed by atoms with van der Waals surface area (Å²) in [7, 11) is 0. The Balaban J connectivity index is 1.91. The molecule has 2 heterocycles. The fourth-order valence-electron chi connectivity index (χ4n) is 2.45.